The molecule has 2 aliphatic rings. The van der Waals surface area contributed by atoms with E-state index >= 15 is 0 Å². The van der Waals surface area contributed by atoms with Crippen molar-refractivity contribution < 1.29 is 34.0 Å². The Morgan fingerprint density at radius 1 is 0.657 bits per heavy atom. The number of para-hydroxylation sites is 2. The van der Waals surface area contributed by atoms with Crippen LogP contribution in [0.25, 0.3) is 0 Å². The Hall–Kier alpha value is -3.14. The second kappa shape index (κ2) is 12.5. The molecule has 2 heterocycles. The number of ether oxygens (including phenoxy) is 4. The van der Waals surface area contributed by atoms with E-state index in [0.29, 0.717) is 37.7 Å². The maximum absolute atomic E-state index is 12.7. The molecule has 190 valence electrons. The van der Waals surface area contributed by atoms with Gasteiger partial charge in [0.2, 0.25) is 0 Å². The number of likely N-dealkylation sites (tertiary alicyclic amines) is 2. The number of hydrogen-bond acceptors (Lipinski definition) is 8. The highest BCUT2D eigenvalue weighted by atomic mass is 16.6. The maximum Gasteiger partial charge on any atom is 0.417 e. The third-order valence-corrected chi connectivity index (χ3v) is 6.22. The SMILES string of the molecule is CCN1CC(OC(=O)C(=O)OC2CN(CC)CC2Oc2ccccc2)C(Oc2ccccc2)C1.O. The van der Waals surface area contributed by atoms with Gasteiger partial charge in [0.1, 0.15) is 23.7 Å². The smallest absolute Gasteiger partial charge is 0.417 e. The van der Waals surface area contributed by atoms with E-state index in [1.54, 1.807) is 0 Å². The summed E-state index contributed by atoms with van der Waals surface area (Å²) in [5, 5.41) is 0. The van der Waals surface area contributed by atoms with Crippen molar-refractivity contribution in [2.75, 3.05) is 39.3 Å². The van der Waals surface area contributed by atoms with E-state index in [4.69, 9.17) is 18.9 Å². The van der Waals surface area contributed by atoms with Gasteiger partial charge in [0, 0.05) is 26.2 Å². The molecular formula is C26H34N2O7. The van der Waals surface area contributed by atoms with E-state index in [-0.39, 0.29) is 17.7 Å². The molecule has 0 aliphatic carbocycles. The Labute approximate surface area is 205 Å². The van der Waals surface area contributed by atoms with Crippen molar-refractivity contribution >= 4 is 11.9 Å². The summed E-state index contributed by atoms with van der Waals surface area (Å²) < 4.78 is 23.2. The van der Waals surface area contributed by atoms with E-state index in [2.05, 4.69) is 9.80 Å². The first-order chi connectivity index (χ1) is 16.6. The van der Waals surface area contributed by atoms with Gasteiger partial charge in [-0.25, -0.2) is 9.59 Å². The molecule has 2 saturated heterocycles. The Morgan fingerprint density at radius 2 is 1.00 bits per heavy atom. The van der Waals surface area contributed by atoms with E-state index < -0.39 is 24.1 Å². The van der Waals surface area contributed by atoms with Gasteiger partial charge < -0.3 is 24.4 Å². The lowest BCUT2D eigenvalue weighted by atomic mass is 10.2. The third-order valence-electron chi connectivity index (χ3n) is 6.22. The van der Waals surface area contributed by atoms with Crippen LogP contribution >= 0.6 is 0 Å². The fourth-order valence-electron chi connectivity index (χ4n) is 4.33. The largest absolute Gasteiger partial charge is 0.485 e. The summed E-state index contributed by atoms with van der Waals surface area (Å²) in [4.78, 5) is 29.6. The summed E-state index contributed by atoms with van der Waals surface area (Å²) >= 11 is 0. The molecule has 2 N–H and O–H groups in total. The Balaban J connectivity index is 0.00000342. The molecule has 2 fully saturated rings. The third kappa shape index (κ3) is 6.94. The monoisotopic (exact) mass is 486 g/mol. The predicted octanol–water partition coefficient (Wildman–Crippen LogP) is 1.55. The lowest BCUT2D eigenvalue weighted by Crippen LogP contribution is -2.40. The minimum atomic E-state index is -1.00. The first kappa shape index (κ1) is 26.5. The molecule has 9 heteroatoms. The second-order valence-corrected chi connectivity index (χ2v) is 8.53. The molecule has 0 spiro atoms. The van der Waals surface area contributed by atoms with Crippen molar-refractivity contribution in [3.05, 3.63) is 60.7 Å². The summed E-state index contributed by atoms with van der Waals surface area (Å²) in [5.74, 6) is -0.614. The van der Waals surface area contributed by atoms with Gasteiger partial charge >= 0.3 is 11.9 Å². The number of carbonyl (C=O) groups excluding carboxylic acids is 2. The second-order valence-electron chi connectivity index (χ2n) is 8.53. The zero-order chi connectivity index (χ0) is 23.9. The van der Waals surface area contributed by atoms with Crippen molar-refractivity contribution in [3.8, 4) is 11.5 Å². The van der Waals surface area contributed by atoms with Crippen molar-refractivity contribution in [1.82, 2.24) is 9.80 Å². The lowest BCUT2D eigenvalue weighted by Gasteiger charge is -2.22. The highest BCUT2D eigenvalue weighted by molar-refractivity contribution is 6.29. The predicted molar refractivity (Wildman–Crippen MR) is 129 cm³/mol. The van der Waals surface area contributed by atoms with Crippen molar-refractivity contribution in [3.63, 3.8) is 0 Å². The van der Waals surface area contributed by atoms with Crippen LogP contribution in [0.5, 0.6) is 11.5 Å². The maximum atomic E-state index is 12.7. The molecule has 0 bridgehead atoms. The summed E-state index contributed by atoms with van der Waals surface area (Å²) in [5.41, 5.74) is 0. The summed E-state index contributed by atoms with van der Waals surface area (Å²) in [6, 6.07) is 18.8. The topological polar surface area (TPSA) is 109 Å². The van der Waals surface area contributed by atoms with E-state index in [1.165, 1.54) is 0 Å². The number of hydrogen-bond donors (Lipinski definition) is 0. The molecule has 2 aromatic carbocycles. The van der Waals surface area contributed by atoms with Crippen molar-refractivity contribution in [2.45, 2.75) is 38.3 Å². The van der Waals surface area contributed by atoms with E-state index in [9.17, 15) is 9.59 Å². The molecule has 9 nitrogen and oxygen atoms in total. The fourth-order valence-corrected chi connectivity index (χ4v) is 4.33. The lowest BCUT2D eigenvalue weighted by molar-refractivity contribution is -0.176. The molecule has 0 saturated carbocycles. The molecule has 2 aliphatic heterocycles. The molecule has 0 aromatic heterocycles. The standard InChI is InChI=1S/C26H32N2O6.H2O/c1-3-27-15-21(31-19-11-7-5-8-12-19)23(17-27)33-25(29)26(30)34-24-18-28(4-2)16-22(24)32-20-13-9-6-10-14-20;/h5-14,21-24H,3-4,15-18H2,1-2H3;1H2. The van der Waals surface area contributed by atoms with Crippen molar-refractivity contribution in [2.24, 2.45) is 0 Å². The molecule has 35 heavy (non-hydrogen) atoms. The number of benzene rings is 2. The van der Waals surface area contributed by atoms with Crippen LogP contribution in [0.2, 0.25) is 0 Å². The van der Waals surface area contributed by atoms with Gasteiger partial charge in [-0.15, -0.1) is 0 Å². The van der Waals surface area contributed by atoms with Crippen LogP contribution in [0.15, 0.2) is 60.7 Å². The van der Waals surface area contributed by atoms with Gasteiger partial charge in [-0.1, -0.05) is 50.2 Å². The van der Waals surface area contributed by atoms with Gasteiger partial charge in [0.25, 0.3) is 0 Å². The Bertz CT molecular complexity index is 866. The Kier molecular flexibility index (Phi) is 9.47. The molecule has 2 aromatic rings. The van der Waals surface area contributed by atoms with Gasteiger partial charge in [0.15, 0.2) is 12.2 Å². The summed E-state index contributed by atoms with van der Waals surface area (Å²) in [7, 11) is 0. The molecule has 4 atom stereocenters. The molecular weight excluding hydrogens is 452 g/mol. The molecule has 0 radical (unpaired) electrons. The number of carbonyl (C=O) groups is 2. The minimum absolute atomic E-state index is 0. The van der Waals surface area contributed by atoms with Crippen LogP contribution in [0, 0.1) is 0 Å². The zero-order valence-electron chi connectivity index (χ0n) is 20.2. The normalized spacial score (nSPS) is 24.4. The molecule has 4 rings (SSSR count). The number of nitrogens with zero attached hydrogens (tertiary/aromatic N) is 2. The van der Waals surface area contributed by atoms with Crippen molar-refractivity contribution in [1.29, 1.82) is 0 Å². The fraction of sp³-hybridized carbons (Fsp3) is 0.462. The van der Waals surface area contributed by atoms with Crippen LogP contribution in [0.3, 0.4) is 0 Å². The average Bonchev–Trinajstić information content (AvgIpc) is 3.43. The first-order valence-corrected chi connectivity index (χ1v) is 11.9. The summed E-state index contributed by atoms with van der Waals surface area (Å²) in [6.45, 7) is 7.87. The van der Waals surface area contributed by atoms with E-state index in [1.807, 2.05) is 74.5 Å². The van der Waals surface area contributed by atoms with Crippen LogP contribution in [-0.4, -0.2) is 90.9 Å². The van der Waals surface area contributed by atoms with Crippen LogP contribution < -0.4 is 9.47 Å². The van der Waals surface area contributed by atoms with E-state index in [0.717, 1.165) is 13.1 Å². The van der Waals surface area contributed by atoms with Gasteiger partial charge in [0.05, 0.1) is 0 Å². The van der Waals surface area contributed by atoms with Crippen LogP contribution in [0.4, 0.5) is 0 Å². The van der Waals surface area contributed by atoms with Crippen LogP contribution in [0.1, 0.15) is 13.8 Å². The van der Waals surface area contributed by atoms with Gasteiger partial charge in [-0.05, 0) is 37.4 Å². The molecule has 0 amide bonds. The van der Waals surface area contributed by atoms with Crippen LogP contribution in [-0.2, 0) is 19.1 Å². The quantitative estimate of drug-likeness (QED) is 0.409. The minimum Gasteiger partial charge on any atom is -0.485 e. The Morgan fingerprint density at radius 3 is 1.34 bits per heavy atom. The zero-order valence-corrected chi connectivity index (χ0v) is 20.2. The van der Waals surface area contributed by atoms with Gasteiger partial charge in [-0.2, -0.15) is 0 Å². The number of esters is 2. The molecule has 4 unspecified atom stereocenters. The average molecular weight is 487 g/mol. The summed E-state index contributed by atoms with van der Waals surface area (Å²) in [6.07, 6.45) is -1.86. The first-order valence-electron chi connectivity index (χ1n) is 11.9. The number of rotatable bonds is 8. The highest BCUT2D eigenvalue weighted by Gasteiger charge is 2.41. The van der Waals surface area contributed by atoms with Gasteiger partial charge in [-0.3, -0.25) is 9.80 Å². The highest BCUT2D eigenvalue weighted by Crippen LogP contribution is 2.23. The number of likely N-dealkylation sites (N-methyl/N-ethyl adjacent to an activating group) is 2.